The van der Waals surface area contributed by atoms with Crippen molar-refractivity contribution in [3.8, 4) is 0 Å². The zero-order chi connectivity index (χ0) is 12.8. The standard InChI is InChI=1S/C11H14N4O3/c1-2-17-10(16)8-7-18-11(15-8)14-4-3-9-12-5-6-13-9/h5-7H,2-4H2,1H3,(H,12,13)(H,14,15). The topological polar surface area (TPSA) is 93.0 Å². The van der Waals surface area contributed by atoms with Crippen LogP contribution in [-0.2, 0) is 11.2 Å². The first-order chi connectivity index (χ1) is 8.79. The van der Waals surface area contributed by atoms with Gasteiger partial charge in [0, 0.05) is 25.4 Å². The molecule has 0 aliphatic heterocycles. The van der Waals surface area contributed by atoms with Crippen LogP contribution >= 0.6 is 0 Å². The number of nitrogens with one attached hydrogen (secondary N) is 2. The van der Waals surface area contributed by atoms with Gasteiger partial charge in [-0.2, -0.15) is 4.98 Å². The zero-order valence-corrected chi connectivity index (χ0v) is 9.97. The van der Waals surface area contributed by atoms with E-state index < -0.39 is 5.97 Å². The minimum atomic E-state index is -0.486. The third-order valence-corrected chi connectivity index (χ3v) is 2.18. The van der Waals surface area contributed by atoms with Crippen LogP contribution in [0.5, 0.6) is 0 Å². The molecule has 0 aliphatic rings. The predicted octanol–water partition coefficient (Wildman–Crippen LogP) is 1.23. The molecular formula is C11H14N4O3. The summed E-state index contributed by atoms with van der Waals surface area (Å²) in [5.74, 6) is 0.389. The van der Waals surface area contributed by atoms with E-state index in [9.17, 15) is 4.79 Å². The van der Waals surface area contributed by atoms with Crippen molar-refractivity contribution in [3.05, 3.63) is 30.2 Å². The molecule has 0 unspecified atom stereocenters. The van der Waals surface area contributed by atoms with Gasteiger partial charge in [0.1, 0.15) is 12.1 Å². The molecule has 18 heavy (non-hydrogen) atoms. The first-order valence-corrected chi connectivity index (χ1v) is 5.64. The van der Waals surface area contributed by atoms with Crippen molar-refractivity contribution in [2.45, 2.75) is 13.3 Å². The van der Waals surface area contributed by atoms with Crippen LogP contribution < -0.4 is 5.32 Å². The summed E-state index contributed by atoms with van der Waals surface area (Å²) in [6, 6.07) is 0.296. The fraction of sp³-hybridized carbons (Fsp3) is 0.364. The van der Waals surface area contributed by atoms with Crippen molar-refractivity contribution < 1.29 is 13.9 Å². The summed E-state index contributed by atoms with van der Waals surface area (Å²) >= 11 is 0. The number of aromatic amines is 1. The maximum absolute atomic E-state index is 11.3. The molecule has 2 aromatic heterocycles. The minimum absolute atomic E-state index is 0.164. The Labute approximate surface area is 104 Å². The van der Waals surface area contributed by atoms with Crippen LogP contribution in [0.4, 0.5) is 6.01 Å². The number of carbonyl (C=O) groups excluding carboxylic acids is 1. The summed E-state index contributed by atoms with van der Waals surface area (Å²) < 4.78 is 9.90. The average Bonchev–Trinajstić information content (AvgIpc) is 3.00. The maximum atomic E-state index is 11.3. The van der Waals surface area contributed by atoms with Gasteiger partial charge in [-0.05, 0) is 6.92 Å². The third-order valence-electron chi connectivity index (χ3n) is 2.18. The van der Waals surface area contributed by atoms with Crippen LogP contribution in [-0.4, -0.2) is 34.1 Å². The van der Waals surface area contributed by atoms with Gasteiger partial charge in [-0.1, -0.05) is 0 Å². The van der Waals surface area contributed by atoms with Crippen molar-refractivity contribution >= 4 is 12.0 Å². The number of carbonyl (C=O) groups is 1. The average molecular weight is 250 g/mol. The van der Waals surface area contributed by atoms with E-state index in [1.165, 1.54) is 6.26 Å². The number of hydrogen-bond acceptors (Lipinski definition) is 6. The van der Waals surface area contributed by atoms with Crippen LogP contribution in [0.25, 0.3) is 0 Å². The largest absolute Gasteiger partial charge is 0.461 e. The highest BCUT2D eigenvalue weighted by Gasteiger charge is 2.12. The molecule has 96 valence electrons. The number of hydrogen-bond donors (Lipinski definition) is 2. The molecule has 0 radical (unpaired) electrons. The van der Waals surface area contributed by atoms with E-state index in [2.05, 4.69) is 20.3 Å². The molecule has 0 aliphatic carbocycles. The quantitative estimate of drug-likeness (QED) is 0.749. The number of esters is 1. The fourth-order valence-electron chi connectivity index (χ4n) is 1.38. The number of imidazole rings is 1. The van der Waals surface area contributed by atoms with Gasteiger partial charge in [0.15, 0.2) is 5.69 Å². The maximum Gasteiger partial charge on any atom is 0.360 e. The molecule has 0 spiro atoms. The van der Waals surface area contributed by atoms with Gasteiger partial charge in [0.25, 0.3) is 6.01 Å². The predicted molar refractivity (Wildman–Crippen MR) is 63.2 cm³/mol. The molecule has 7 heteroatoms. The smallest absolute Gasteiger partial charge is 0.360 e. The Morgan fingerprint density at radius 3 is 3.22 bits per heavy atom. The summed E-state index contributed by atoms with van der Waals surface area (Å²) in [6.45, 7) is 2.66. The Bertz CT molecular complexity index is 492. The van der Waals surface area contributed by atoms with Crippen molar-refractivity contribution in [2.24, 2.45) is 0 Å². The van der Waals surface area contributed by atoms with Gasteiger partial charge in [-0.25, -0.2) is 9.78 Å². The van der Waals surface area contributed by atoms with E-state index in [1.54, 1.807) is 19.3 Å². The van der Waals surface area contributed by atoms with Crippen LogP contribution in [0.2, 0.25) is 0 Å². The summed E-state index contributed by atoms with van der Waals surface area (Å²) in [4.78, 5) is 22.4. The van der Waals surface area contributed by atoms with Gasteiger partial charge < -0.3 is 19.5 Å². The lowest BCUT2D eigenvalue weighted by atomic mass is 10.4. The molecule has 0 fully saturated rings. The number of aromatic nitrogens is 3. The number of nitrogens with zero attached hydrogens (tertiary/aromatic N) is 2. The number of anilines is 1. The SMILES string of the molecule is CCOC(=O)c1coc(NCCc2ncc[nH]2)n1. The molecule has 2 heterocycles. The monoisotopic (exact) mass is 250 g/mol. The van der Waals surface area contributed by atoms with Gasteiger partial charge in [0.2, 0.25) is 0 Å². The lowest BCUT2D eigenvalue weighted by molar-refractivity contribution is 0.0519. The number of ether oxygens (including phenoxy) is 1. The van der Waals surface area contributed by atoms with Crippen LogP contribution in [0.15, 0.2) is 23.1 Å². The number of rotatable bonds is 6. The summed E-state index contributed by atoms with van der Waals surface area (Å²) in [6.07, 6.45) is 5.44. The lowest BCUT2D eigenvalue weighted by Gasteiger charge is -1.98. The van der Waals surface area contributed by atoms with Crippen molar-refractivity contribution in [2.75, 3.05) is 18.5 Å². The van der Waals surface area contributed by atoms with Crippen molar-refractivity contribution in [1.29, 1.82) is 0 Å². The zero-order valence-electron chi connectivity index (χ0n) is 9.97. The summed E-state index contributed by atoms with van der Waals surface area (Å²) in [5.41, 5.74) is 0.164. The third kappa shape index (κ3) is 3.09. The van der Waals surface area contributed by atoms with E-state index in [4.69, 9.17) is 9.15 Å². The number of oxazole rings is 1. The van der Waals surface area contributed by atoms with E-state index in [1.807, 2.05) is 0 Å². The van der Waals surface area contributed by atoms with E-state index >= 15 is 0 Å². The molecule has 7 nitrogen and oxygen atoms in total. The molecule has 0 saturated carbocycles. The Kier molecular flexibility index (Phi) is 3.95. The van der Waals surface area contributed by atoms with Gasteiger partial charge in [-0.15, -0.1) is 0 Å². The first-order valence-electron chi connectivity index (χ1n) is 5.64. The van der Waals surface area contributed by atoms with Crippen LogP contribution in [0.3, 0.4) is 0 Å². The molecule has 0 aromatic carbocycles. The van der Waals surface area contributed by atoms with Gasteiger partial charge in [-0.3, -0.25) is 0 Å². The molecule has 0 atom stereocenters. The Morgan fingerprint density at radius 2 is 2.50 bits per heavy atom. The highest BCUT2D eigenvalue weighted by atomic mass is 16.5. The molecule has 2 aromatic rings. The Hall–Kier alpha value is -2.31. The second-order valence-corrected chi connectivity index (χ2v) is 3.47. The number of H-pyrrole nitrogens is 1. The Balaban J connectivity index is 1.81. The first kappa shape index (κ1) is 12.2. The second kappa shape index (κ2) is 5.85. The van der Waals surface area contributed by atoms with Gasteiger partial charge in [0.05, 0.1) is 6.61 Å². The summed E-state index contributed by atoms with van der Waals surface area (Å²) in [7, 11) is 0. The molecule has 0 bridgehead atoms. The van der Waals surface area contributed by atoms with Crippen LogP contribution in [0.1, 0.15) is 23.2 Å². The van der Waals surface area contributed by atoms with Crippen LogP contribution in [0, 0.1) is 0 Å². The van der Waals surface area contributed by atoms with E-state index in [0.29, 0.717) is 25.6 Å². The highest BCUT2D eigenvalue weighted by molar-refractivity contribution is 5.87. The second-order valence-electron chi connectivity index (χ2n) is 3.47. The minimum Gasteiger partial charge on any atom is -0.461 e. The molecule has 0 amide bonds. The van der Waals surface area contributed by atoms with Crippen molar-refractivity contribution in [1.82, 2.24) is 15.0 Å². The molecule has 0 saturated heterocycles. The summed E-state index contributed by atoms with van der Waals surface area (Å²) in [5, 5.41) is 2.95. The van der Waals surface area contributed by atoms with Gasteiger partial charge >= 0.3 is 5.97 Å². The molecule has 2 rings (SSSR count). The highest BCUT2D eigenvalue weighted by Crippen LogP contribution is 2.08. The Morgan fingerprint density at radius 1 is 1.61 bits per heavy atom. The lowest BCUT2D eigenvalue weighted by Crippen LogP contribution is -2.08. The molecule has 2 N–H and O–H groups in total. The molecular weight excluding hydrogens is 236 g/mol. The van der Waals surface area contributed by atoms with E-state index in [0.717, 1.165) is 5.82 Å². The van der Waals surface area contributed by atoms with E-state index in [-0.39, 0.29) is 5.69 Å². The normalized spacial score (nSPS) is 10.3. The van der Waals surface area contributed by atoms with Crippen molar-refractivity contribution in [3.63, 3.8) is 0 Å². The fourth-order valence-corrected chi connectivity index (χ4v) is 1.38.